The number of carbonyl (C=O) groups is 1. The standard InChI is InChI=1S/C9H17NO6/c1-2-5(12)10-6-8(14)7(13)4(3-11)16-9(6)15/h4,6-9,11,13-15H,2-3H2,1H3,(H,10,12)/t4-,6+,7+,8+,9-/m0/s1. The van der Waals surface area contributed by atoms with E-state index in [-0.39, 0.29) is 12.3 Å². The van der Waals surface area contributed by atoms with Gasteiger partial charge in [0.2, 0.25) is 5.91 Å². The maximum atomic E-state index is 11.1. The van der Waals surface area contributed by atoms with Gasteiger partial charge in [-0.25, -0.2) is 0 Å². The Hall–Kier alpha value is -0.730. The van der Waals surface area contributed by atoms with Crippen molar-refractivity contribution in [3.63, 3.8) is 0 Å². The zero-order chi connectivity index (χ0) is 12.3. The number of nitrogens with one attached hydrogen (secondary N) is 1. The van der Waals surface area contributed by atoms with Gasteiger partial charge in [0.05, 0.1) is 6.61 Å². The lowest BCUT2D eigenvalue weighted by Crippen LogP contribution is -2.64. The lowest BCUT2D eigenvalue weighted by Gasteiger charge is -2.40. The van der Waals surface area contributed by atoms with Crippen molar-refractivity contribution in [2.45, 2.75) is 44.0 Å². The van der Waals surface area contributed by atoms with Crippen LogP contribution >= 0.6 is 0 Å². The Labute approximate surface area is 92.7 Å². The highest BCUT2D eigenvalue weighted by atomic mass is 16.6. The summed E-state index contributed by atoms with van der Waals surface area (Å²) >= 11 is 0. The number of rotatable bonds is 3. The van der Waals surface area contributed by atoms with Crippen molar-refractivity contribution >= 4 is 5.91 Å². The van der Waals surface area contributed by atoms with E-state index in [9.17, 15) is 20.1 Å². The molecular weight excluding hydrogens is 218 g/mol. The third-order valence-electron chi connectivity index (χ3n) is 2.55. The number of aliphatic hydroxyl groups is 4. The molecule has 1 saturated heterocycles. The van der Waals surface area contributed by atoms with E-state index in [0.29, 0.717) is 0 Å². The van der Waals surface area contributed by atoms with Crippen molar-refractivity contribution in [2.24, 2.45) is 0 Å². The third-order valence-corrected chi connectivity index (χ3v) is 2.55. The van der Waals surface area contributed by atoms with Gasteiger partial charge in [-0.15, -0.1) is 0 Å². The van der Waals surface area contributed by atoms with E-state index >= 15 is 0 Å². The van der Waals surface area contributed by atoms with Gasteiger partial charge < -0.3 is 30.5 Å². The van der Waals surface area contributed by atoms with Crippen LogP contribution in [0.25, 0.3) is 0 Å². The van der Waals surface area contributed by atoms with E-state index in [1.807, 2.05) is 0 Å². The summed E-state index contributed by atoms with van der Waals surface area (Å²) in [4.78, 5) is 11.1. The second-order valence-corrected chi connectivity index (χ2v) is 3.68. The minimum absolute atomic E-state index is 0.190. The molecule has 0 saturated carbocycles. The van der Waals surface area contributed by atoms with Crippen LogP contribution in [0.5, 0.6) is 0 Å². The SMILES string of the molecule is CCC(=O)N[C@@H]1[C@@H](O)[C@H](O)[C@H](CO)O[C@@H]1O. The fourth-order valence-electron chi connectivity index (χ4n) is 1.54. The summed E-state index contributed by atoms with van der Waals surface area (Å²) in [6.45, 7) is 1.09. The van der Waals surface area contributed by atoms with Crippen molar-refractivity contribution in [3.05, 3.63) is 0 Å². The van der Waals surface area contributed by atoms with E-state index in [0.717, 1.165) is 0 Å². The maximum absolute atomic E-state index is 11.1. The Morgan fingerprint density at radius 2 is 1.94 bits per heavy atom. The predicted molar refractivity (Wildman–Crippen MR) is 52.2 cm³/mol. The zero-order valence-electron chi connectivity index (χ0n) is 8.91. The second-order valence-electron chi connectivity index (χ2n) is 3.68. The molecule has 0 aromatic carbocycles. The third kappa shape index (κ3) is 2.69. The first-order chi connectivity index (χ1) is 7.51. The van der Waals surface area contributed by atoms with Gasteiger partial charge in [-0.1, -0.05) is 6.92 Å². The molecule has 0 spiro atoms. The van der Waals surface area contributed by atoms with Crippen LogP contribution in [0.3, 0.4) is 0 Å². The summed E-state index contributed by atoms with van der Waals surface area (Å²) in [5.41, 5.74) is 0. The average molecular weight is 235 g/mol. The van der Waals surface area contributed by atoms with Gasteiger partial charge in [0.15, 0.2) is 6.29 Å². The quantitative estimate of drug-likeness (QED) is 0.363. The van der Waals surface area contributed by atoms with Gasteiger partial charge in [-0.3, -0.25) is 4.79 Å². The van der Waals surface area contributed by atoms with E-state index in [2.05, 4.69) is 5.32 Å². The number of hydrogen-bond acceptors (Lipinski definition) is 6. The molecule has 0 unspecified atom stereocenters. The Morgan fingerprint density at radius 1 is 1.31 bits per heavy atom. The molecule has 0 aromatic rings. The van der Waals surface area contributed by atoms with Crippen molar-refractivity contribution in [2.75, 3.05) is 6.61 Å². The maximum Gasteiger partial charge on any atom is 0.220 e. The first kappa shape index (κ1) is 13.3. The monoisotopic (exact) mass is 235 g/mol. The molecule has 0 aliphatic carbocycles. The summed E-state index contributed by atoms with van der Waals surface area (Å²) in [5, 5.41) is 39.8. The van der Waals surface area contributed by atoms with Gasteiger partial charge >= 0.3 is 0 Å². The smallest absolute Gasteiger partial charge is 0.220 e. The topological polar surface area (TPSA) is 119 Å². The molecule has 7 nitrogen and oxygen atoms in total. The Balaban J connectivity index is 2.67. The molecular formula is C9H17NO6. The highest BCUT2D eigenvalue weighted by Crippen LogP contribution is 2.19. The van der Waals surface area contributed by atoms with Gasteiger partial charge in [0.1, 0.15) is 24.4 Å². The second kappa shape index (κ2) is 5.55. The first-order valence-electron chi connectivity index (χ1n) is 5.11. The molecule has 7 heteroatoms. The molecule has 1 rings (SSSR count). The van der Waals surface area contributed by atoms with Crippen LogP contribution in [0.4, 0.5) is 0 Å². The van der Waals surface area contributed by atoms with Gasteiger partial charge in [0.25, 0.3) is 0 Å². The number of carbonyl (C=O) groups excluding carboxylic acids is 1. The fraction of sp³-hybridized carbons (Fsp3) is 0.889. The molecule has 0 bridgehead atoms. The molecule has 1 fully saturated rings. The molecule has 0 radical (unpaired) electrons. The van der Waals surface area contributed by atoms with Crippen molar-refractivity contribution in [1.82, 2.24) is 5.32 Å². The first-order valence-corrected chi connectivity index (χ1v) is 5.11. The van der Waals surface area contributed by atoms with Crippen LogP contribution in [0.2, 0.25) is 0 Å². The van der Waals surface area contributed by atoms with E-state index < -0.39 is 37.3 Å². The molecule has 94 valence electrons. The molecule has 5 N–H and O–H groups in total. The minimum atomic E-state index is -1.45. The van der Waals surface area contributed by atoms with E-state index in [1.54, 1.807) is 6.92 Å². The Morgan fingerprint density at radius 3 is 2.44 bits per heavy atom. The average Bonchev–Trinajstić information content (AvgIpc) is 2.28. The zero-order valence-corrected chi connectivity index (χ0v) is 8.91. The van der Waals surface area contributed by atoms with Gasteiger partial charge in [-0.2, -0.15) is 0 Å². The van der Waals surface area contributed by atoms with Gasteiger partial charge in [-0.05, 0) is 0 Å². The van der Waals surface area contributed by atoms with Gasteiger partial charge in [0, 0.05) is 6.42 Å². The fourth-order valence-corrected chi connectivity index (χ4v) is 1.54. The minimum Gasteiger partial charge on any atom is -0.394 e. The van der Waals surface area contributed by atoms with Crippen LogP contribution in [-0.2, 0) is 9.53 Å². The number of amides is 1. The van der Waals surface area contributed by atoms with Crippen LogP contribution in [0.1, 0.15) is 13.3 Å². The predicted octanol–water partition coefficient (Wildman–Crippen LogP) is -2.69. The van der Waals surface area contributed by atoms with Crippen LogP contribution in [0.15, 0.2) is 0 Å². The van der Waals surface area contributed by atoms with E-state index in [4.69, 9.17) is 9.84 Å². The van der Waals surface area contributed by atoms with Crippen LogP contribution < -0.4 is 5.32 Å². The Bertz CT molecular complexity index is 248. The molecule has 16 heavy (non-hydrogen) atoms. The lowest BCUT2D eigenvalue weighted by molar-refractivity contribution is -0.253. The molecule has 5 atom stereocenters. The highest BCUT2D eigenvalue weighted by molar-refractivity contribution is 5.76. The molecule has 1 heterocycles. The molecule has 1 aliphatic rings. The normalized spacial score (nSPS) is 39.4. The number of ether oxygens (including phenoxy) is 1. The molecule has 1 aliphatic heterocycles. The van der Waals surface area contributed by atoms with Crippen LogP contribution in [0, 0.1) is 0 Å². The van der Waals surface area contributed by atoms with Crippen molar-refractivity contribution < 1.29 is 30.0 Å². The summed E-state index contributed by atoms with van der Waals surface area (Å²) in [6, 6.07) is -1.09. The summed E-state index contributed by atoms with van der Waals surface area (Å²) < 4.78 is 4.86. The number of aliphatic hydroxyl groups excluding tert-OH is 4. The number of hydrogen-bond donors (Lipinski definition) is 5. The molecule has 1 amide bonds. The van der Waals surface area contributed by atoms with Crippen LogP contribution in [-0.4, -0.2) is 63.6 Å². The van der Waals surface area contributed by atoms with Crippen molar-refractivity contribution in [1.29, 1.82) is 0 Å². The summed E-state index contributed by atoms with van der Waals surface area (Å²) in [5.74, 6) is -0.374. The Kier molecular flexibility index (Phi) is 4.63. The highest BCUT2D eigenvalue weighted by Gasteiger charge is 2.44. The van der Waals surface area contributed by atoms with E-state index in [1.165, 1.54) is 0 Å². The largest absolute Gasteiger partial charge is 0.394 e. The van der Waals surface area contributed by atoms with Crippen molar-refractivity contribution in [3.8, 4) is 0 Å². The lowest BCUT2D eigenvalue weighted by atomic mass is 9.97. The molecule has 0 aromatic heterocycles. The summed E-state index contributed by atoms with van der Waals surface area (Å²) in [6.07, 6.45) is -5.05. The summed E-state index contributed by atoms with van der Waals surface area (Å²) in [7, 11) is 0.